The molecule has 130 valence electrons. The molecule has 3 rings (SSSR count). The van der Waals surface area contributed by atoms with Gasteiger partial charge in [0.05, 0.1) is 12.2 Å². The smallest absolute Gasteiger partial charge is 0.221 e. The Bertz CT molecular complexity index is 812. The molecule has 1 atom stereocenters. The molecule has 0 aliphatic rings. The lowest BCUT2D eigenvalue weighted by atomic mass is 10.1. The summed E-state index contributed by atoms with van der Waals surface area (Å²) < 4.78 is 18.6. The Morgan fingerprint density at radius 3 is 2.80 bits per heavy atom. The summed E-state index contributed by atoms with van der Waals surface area (Å²) >= 11 is 1.64. The largest absolute Gasteiger partial charge is 0.441 e. The van der Waals surface area contributed by atoms with Gasteiger partial charge < -0.3 is 9.73 Å². The number of thiophene rings is 1. The maximum absolute atomic E-state index is 13.0. The van der Waals surface area contributed by atoms with Gasteiger partial charge in [-0.15, -0.1) is 11.3 Å². The molecule has 2 aromatic heterocycles. The van der Waals surface area contributed by atoms with Crippen molar-refractivity contribution in [2.45, 2.75) is 32.2 Å². The Hall–Kier alpha value is -2.47. The van der Waals surface area contributed by atoms with Crippen molar-refractivity contribution in [3.8, 4) is 11.3 Å². The zero-order valence-electron chi connectivity index (χ0n) is 13.9. The molecule has 0 saturated heterocycles. The van der Waals surface area contributed by atoms with Crippen LogP contribution in [-0.4, -0.2) is 10.9 Å². The summed E-state index contributed by atoms with van der Waals surface area (Å²) in [6.07, 6.45) is 3.18. The predicted molar refractivity (Wildman–Crippen MR) is 95.7 cm³/mol. The number of benzene rings is 1. The highest BCUT2D eigenvalue weighted by Gasteiger charge is 2.14. The molecule has 0 bridgehead atoms. The topological polar surface area (TPSA) is 55.1 Å². The fraction of sp³-hybridized carbons (Fsp3) is 0.263. The lowest BCUT2D eigenvalue weighted by molar-refractivity contribution is -0.121. The van der Waals surface area contributed by atoms with Gasteiger partial charge in [-0.1, -0.05) is 13.0 Å². The summed E-state index contributed by atoms with van der Waals surface area (Å²) in [6, 6.07) is 10.1. The molecule has 1 aromatic carbocycles. The fourth-order valence-corrected chi connectivity index (χ4v) is 3.39. The van der Waals surface area contributed by atoms with Crippen LogP contribution >= 0.6 is 11.3 Å². The van der Waals surface area contributed by atoms with E-state index in [2.05, 4.69) is 10.3 Å². The Balaban J connectivity index is 1.55. The van der Waals surface area contributed by atoms with Crippen LogP contribution in [0, 0.1) is 5.82 Å². The number of nitrogens with zero attached hydrogens (tertiary/aromatic N) is 1. The number of amides is 1. The number of carbonyl (C=O) groups excluding carboxylic acids is 1. The minimum Gasteiger partial charge on any atom is -0.441 e. The van der Waals surface area contributed by atoms with E-state index in [1.54, 1.807) is 29.7 Å². The molecule has 1 amide bonds. The average molecular weight is 358 g/mol. The summed E-state index contributed by atoms with van der Waals surface area (Å²) in [5.41, 5.74) is 0.758. The van der Waals surface area contributed by atoms with Gasteiger partial charge in [0.1, 0.15) is 5.82 Å². The number of nitrogens with one attached hydrogen (secondary N) is 1. The maximum Gasteiger partial charge on any atom is 0.221 e. The Labute approximate surface area is 149 Å². The van der Waals surface area contributed by atoms with E-state index < -0.39 is 0 Å². The molecule has 25 heavy (non-hydrogen) atoms. The van der Waals surface area contributed by atoms with E-state index >= 15 is 0 Å². The van der Waals surface area contributed by atoms with Crippen LogP contribution in [0.25, 0.3) is 11.3 Å². The van der Waals surface area contributed by atoms with Crippen molar-refractivity contribution in [1.82, 2.24) is 10.3 Å². The highest BCUT2D eigenvalue weighted by molar-refractivity contribution is 7.10. The number of carbonyl (C=O) groups is 1. The van der Waals surface area contributed by atoms with E-state index in [1.807, 2.05) is 24.4 Å². The monoisotopic (exact) mass is 358 g/mol. The lowest BCUT2D eigenvalue weighted by Gasteiger charge is -2.15. The molecule has 6 heteroatoms. The normalized spacial score (nSPS) is 12.1. The molecule has 0 saturated carbocycles. The second kappa shape index (κ2) is 8.07. The van der Waals surface area contributed by atoms with Gasteiger partial charge in [-0.05, 0) is 42.1 Å². The number of hydrogen-bond donors (Lipinski definition) is 1. The zero-order chi connectivity index (χ0) is 17.6. The molecular weight excluding hydrogens is 339 g/mol. The molecule has 0 spiro atoms. The standard InChI is InChI=1S/C19H19FN2O2S/c1-2-15(17-4-3-11-25-17)22-18(23)9-10-19-21-12-16(24-19)13-5-7-14(20)8-6-13/h3-8,11-12,15H,2,9-10H2,1H3,(H,22,23). The number of hydrogen-bond acceptors (Lipinski definition) is 4. The van der Waals surface area contributed by atoms with E-state index in [0.717, 1.165) is 16.9 Å². The first-order valence-electron chi connectivity index (χ1n) is 8.19. The molecule has 0 radical (unpaired) electrons. The van der Waals surface area contributed by atoms with E-state index in [-0.39, 0.29) is 17.8 Å². The van der Waals surface area contributed by atoms with Crippen LogP contribution in [0.15, 0.2) is 52.4 Å². The number of aromatic nitrogens is 1. The second-order valence-corrected chi connectivity index (χ2v) is 6.65. The molecule has 0 aliphatic carbocycles. The number of halogens is 1. The van der Waals surface area contributed by atoms with Gasteiger partial charge in [0.25, 0.3) is 0 Å². The Morgan fingerprint density at radius 2 is 2.12 bits per heavy atom. The van der Waals surface area contributed by atoms with Crippen LogP contribution < -0.4 is 5.32 Å². The SMILES string of the molecule is CCC(NC(=O)CCc1ncc(-c2ccc(F)cc2)o1)c1cccs1. The average Bonchev–Trinajstić information content (AvgIpc) is 3.30. The van der Waals surface area contributed by atoms with Crippen molar-refractivity contribution in [1.29, 1.82) is 0 Å². The molecule has 3 aromatic rings. The predicted octanol–water partition coefficient (Wildman–Crippen LogP) is 4.74. The number of aryl methyl sites for hydroxylation is 1. The third-order valence-electron chi connectivity index (χ3n) is 3.88. The van der Waals surface area contributed by atoms with Gasteiger partial charge in [0.2, 0.25) is 5.91 Å². The van der Waals surface area contributed by atoms with Crippen LogP contribution in [0.5, 0.6) is 0 Å². The Kier molecular flexibility index (Phi) is 5.60. The highest BCUT2D eigenvalue weighted by atomic mass is 32.1. The van der Waals surface area contributed by atoms with Crippen molar-refractivity contribution in [3.63, 3.8) is 0 Å². The van der Waals surface area contributed by atoms with Crippen LogP contribution in [0.1, 0.15) is 36.6 Å². The quantitative estimate of drug-likeness (QED) is 0.663. The summed E-state index contributed by atoms with van der Waals surface area (Å²) in [6.45, 7) is 2.05. The van der Waals surface area contributed by atoms with E-state index in [1.165, 1.54) is 12.1 Å². The summed E-state index contributed by atoms with van der Waals surface area (Å²) in [5, 5.41) is 5.05. The van der Waals surface area contributed by atoms with E-state index in [0.29, 0.717) is 24.5 Å². The van der Waals surface area contributed by atoms with Gasteiger partial charge in [0, 0.05) is 23.3 Å². The van der Waals surface area contributed by atoms with Gasteiger partial charge >= 0.3 is 0 Å². The van der Waals surface area contributed by atoms with Gasteiger partial charge in [0.15, 0.2) is 11.7 Å². The fourth-order valence-electron chi connectivity index (χ4n) is 2.52. The van der Waals surface area contributed by atoms with Crippen molar-refractivity contribution in [2.24, 2.45) is 0 Å². The van der Waals surface area contributed by atoms with Crippen molar-refractivity contribution < 1.29 is 13.6 Å². The maximum atomic E-state index is 13.0. The van der Waals surface area contributed by atoms with Crippen LogP contribution in [0.3, 0.4) is 0 Å². The van der Waals surface area contributed by atoms with Gasteiger partial charge in [-0.25, -0.2) is 9.37 Å². The van der Waals surface area contributed by atoms with E-state index in [9.17, 15) is 9.18 Å². The Morgan fingerprint density at radius 1 is 1.32 bits per heavy atom. The van der Waals surface area contributed by atoms with Gasteiger partial charge in [-0.2, -0.15) is 0 Å². The molecule has 0 aliphatic heterocycles. The highest BCUT2D eigenvalue weighted by Crippen LogP contribution is 2.23. The molecule has 0 fully saturated rings. The summed E-state index contributed by atoms with van der Waals surface area (Å²) in [4.78, 5) is 17.5. The first-order valence-corrected chi connectivity index (χ1v) is 9.07. The van der Waals surface area contributed by atoms with Crippen molar-refractivity contribution in [2.75, 3.05) is 0 Å². The second-order valence-electron chi connectivity index (χ2n) is 5.67. The first-order chi connectivity index (χ1) is 12.2. The first kappa shape index (κ1) is 17.4. The van der Waals surface area contributed by atoms with Gasteiger partial charge in [-0.3, -0.25) is 4.79 Å². The number of rotatable bonds is 7. The molecule has 1 unspecified atom stereocenters. The summed E-state index contributed by atoms with van der Waals surface area (Å²) in [7, 11) is 0. The lowest BCUT2D eigenvalue weighted by Crippen LogP contribution is -2.27. The minimum atomic E-state index is -0.295. The third kappa shape index (κ3) is 4.54. The van der Waals surface area contributed by atoms with Crippen LogP contribution in [0.2, 0.25) is 0 Å². The summed E-state index contributed by atoms with van der Waals surface area (Å²) in [5.74, 6) is 0.747. The minimum absolute atomic E-state index is 0.0261. The zero-order valence-corrected chi connectivity index (χ0v) is 14.7. The molecule has 1 N–H and O–H groups in total. The third-order valence-corrected chi connectivity index (χ3v) is 4.86. The van der Waals surface area contributed by atoms with Crippen molar-refractivity contribution >= 4 is 17.2 Å². The number of oxazole rings is 1. The van der Waals surface area contributed by atoms with Crippen molar-refractivity contribution in [3.05, 3.63) is 64.6 Å². The molecule has 4 nitrogen and oxygen atoms in total. The molecule has 2 heterocycles. The molecular formula is C19H19FN2O2S. The van der Waals surface area contributed by atoms with Crippen LogP contribution in [-0.2, 0) is 11.2 Å². The van der Waals surface area contributed by atoms with Crippen LogP contribution in [0.4, 0.5) is 4.39 Å². The van der Waals surface area contributed by atoms with E-state index in [4.69, 9.17) is 4.42 Å².